The molecule has 4 nitrogen and oxygen atoms in total. The van der Waals surface area contributed by atoms with E-state index in [2.05, 4.69) is 20.8 Å². The van der Waals surface area contributed by atoms with Crippen LogP contribution in [0.2, 0.25) is 0 Å². The Hall–Kier alpha value is -0.130. The fraction of sp³-hybridized carbons (Fsp3) is 1.00. The van der Waals surface area contributed by atoms with Gasteiger partial charge in [-0.3, -0.25) is 0 Å². The summed E-state index contributed by atoms with van der Waals surface area (Å²) in [6, 6.07) is 0. The van der Waals surface area contributed by atoms with Crippen LogP contribution in [0.25, 0.3) is 0 Å². The van der Waals surface area contributed by atoms with Gasteiger partial charge in [0.2, 0.25) is 0 Å². The van der Waals surface area contributed by atoms with Crippen molar-refractivity contribution in [2.45, 2.75) is 124 Å². The Labute approximate surface area is 183 Å². The Balaban J connectivity index is 3.98. The van der Waals surface area contributed by atoms with E-state index in [9.17, 15) is 13.0 Å². The van der Waals surface area contributed by atoms with E-state index >= 15 is 0 Å². The Bertz CT molecular complexity index is 445. The van der Waals surface area contributed by atoms with Gasteiger partial charge < -0.3 is 9.04 Å². The molecule has 0 fully saturated rings. The van der Waals surface area contributed by atoms with Crippen molar-refractivity contribution in [1.29, 1.82) is 0 Å². The molecule has 176 valence electrons. The predicted molar refractivity (Wildman–Crippen MR) is 125 cm³/mol. The molecule has 0 aliphatic rings. The summed E-state index contributed by atoms with van der Waals surface area (Å²) in [6.07, 6.45) is 20.2. The zero-order chi connectivity index (χ0) is 21.8. The molecule has 0 aromatic rings. The molecule has 0 saturated carbocycles. The fourth-order valence-corrected chi connectivity index (χ4v) is 5.19. The minimum absolute atomic E-state index is 0.205. The first-order chi connectivity index (χ1) is 13.9. The van der Waals surface area contributed by atoms with Gasteiger partial charge in [0.25, 0.3) is 0 Å². The van der Waals surface area contributed by atoms with Crippen molar-refractivity contribution in [1.82, 2.24) is 0 Å². The largest absolute Gasteiger partial charge is 0.748 e. The first-order valence-corrected chi connectivity index (χ1v) is 14.3. The van der Waals surface area contributed by atoms with Gasteiger partial charge >= 0.3 is 0 Å². The smallest absolute Gasteiger partial charge is 0.0945 e. The zero-order valence-corrected chi connectivity index (χ0v) is 20.7. The second-order valence-corrected chi connectivity index (χ2v) is 10.6. The van der Waals surface area contributed by atoms with E-state index in [1.54, 1.807) is 0 Å². The molecule has 0 unspecified atom stereocenters. The molecule has 5 heteroatoms. The molecule has 0 radical (unpaired) electrons. The van der Waals surface area contributed by atoms with Crippen molar-refractivity contribution in [3.8, 4) is 0 Å². The van der Waals surface area contributed by atoms with E-state index in [0.717, 1.165) is 30.3 Å². The van der Waals surface area contributed by atoms with Crippen molar-refractivity contribution in [3.63, 3.8) is 0 Å². The number of quaternary nitrogens is 1. The van der Waals surface area contributed by atoms with Crippen molar-refractivity contribution >= 4 is 10.1 Å². The minimum Gasteiger partial charge on any atom is -0.748 e. The van der Waals surface area contributed by atoms with Gasteiger partial charge in [0.15, 0.2) is 0 Å². The molecule has 0 rings (SSSR count). The van der Waals surface area contributed by atoms with Gasteiger partial charge in [-0.25, -0.2) is 8.42 Å². The highest BCUT2D eigenvalue weighted by Gasteiger charge is 2.24. The Morgan fingerprint density at radius 2 is 0.897 bits per heavy atom. The number of unbranched alkanes of at least 4 members (excludes halogenated alkanes) is 12. The molecule has 29 heavy (non-hydrogen) atoms. The lowest BCUT2D eigenvalue weighted by Gasteiger charge is -2.39. The van der Waals surface area contributed by atoms with Crippen molar-refractivity contribution in [3.05, 3.63) is 0 Å². The van der Waals surface area contributed by atoms with Gasteiger partial charge in [0, 0.05) is 5.75 Å². The van der Waals surface area contributed by atoms with Gasteiger partial charge in [0.05, 0.1) is 36.3 Å². The molecule has 0 aromatic heterocycles. The maximum atomic E-state index is 10.8. The molecular formula is C24H51NO3S. The second-order valence-electron chi connectivity index (χ2n) is 9.09. The van der Waals surface area contributed by atoms with Gasteiger partial charge in [-0.15, -0.1) is 0 Å². The number of nitrogens with zero attached hydrogens (tertiary/aromatic N) is 1. The van der Waals surface area contributed by atoms with E-state index in [0.29, 0.717) is 6.42 Å². The molecule has 0 N–H and O–H groups in total. The molecule has 0 spiro atoms. The normalized spacial score (nSPS) is 12.6. The highest BCUT2D eigenvalue weighted by molar-refractivity contribution is 7.85. The monoisotopic (exact) mass is 433 g/mol. The van der Waals surface area contributed by atoms with Crippen molar-refractivity contribution in [2.75, 3.05) is 31.9 Å². The summed E-state index contributed by atoms with van der Waals surface area (Å²) in [5, 5.41) is 0. The van der Waals surface area contributed by atoms with Crippen LogP contribution in [0, 0.1) is 0 Å². The van der Waals surface area contributed by atoms with Crippen molar-refractivity contribution < 1.29 is 17.5 Å². The Morgan fingerprint density at radius 1 is 0.517 bits per heavy atom. The van der Waals surface area contributed by atoms with Gasteiger partial charge in [0.1, 0.15) is 0 Å². The quantitative estimate of drug-likeness (QED) is 0.109. The Morgan fingerprint density at radius 3 is 1.28 bits per heavy atom. The van der Waals surface area contributed by atoms with E-state index < -0.39 is 10.1 Å². The van der Waals surface area contributed by atoms with Crippen LogP contribution in [-0.4, -0.2) is 49.4 Å². The van der Waals surface area contributed by atoms with Gasteiger partial charge in [-0.1, -0.05) is 85.0 Å². The molecule has 0 aliphatic heterocycles. The molecule has 0 heterocycles. The average Bonchev–Trinajstić information content (AvgIpc) is 2.66. The highest BCUT2D eigenvalue weighted by Crippen LogP contribution is 2.17. The van der Waals surface area contributed by atoms with Crippen LogP contribution >= 0.6 is 0 Å². The van der Waals surface area contributed by atoms with Crippen LogP contribution in [0.4, 0.5) is 0 Å². The number of rotatable bonds is 22. The van der Waals surface area contributed by atoms with E-state index in [1.165, 1.54) is 96.7 Å². The first kappa shape index (κ1) is 28.9. The lowest BCUT2D eigenvalue weighted by Crippen LogP contribution is -2.50. The summed E-state index contributed by atoms with van der Waals surface area (Å²) in [4.78, 5) is 0. The highest BCUT2D eigenvalue weighted by atomic mass is 32.2. The topological polar surface area (TPSA) is 57.2 Å². The van der Waals surface area contributed by atoms with E-state index in [-0.39, 0.29) is 5.75 Å². The maximum absolute atomic E-state index is 10.8. The summed E-state index contributed by atoms with van der Waals surface area (Å²) in [6.45, 7) is 11.3. The standard InChI is InChI=1S/C24H51NO3S/c1-4-7-8-9-10-11-12-13-14-15-16-17-22-25(20-5-2,21-6-3)23-18-19-24-29(26,27)28/h4-24H2,1-3H3. The lowest BCUT2D eigenvalue weighted by atomic mass is 10.0. The predicted octanol–water partition coefficient (Wildman–Crippen LogP) is 6.65. The molecule has 0 bridgehead atoms. The third-order valence-corrected chi connectivity index (χ3v) is 6.95. The van der Waals surface area contributed by atoms with Crippen LogP contribution in [0.1, 0.15) is 124 Å². The van der Waals surface area contributed by atoms with Gasteiger partial charge in [-0.2, -0.15) is 0 Å². The van der Waals surface area contributed by atoms with Crippen LogP contribution in [-0.2, 0) is 10.1 Å². The van der Waals surface area contributed by atoms with Gasteiger partial charge in [-0.05, 0) is 38.5 Å². The van der Waals surface area contributed by atoms with Crippen LogP contribution in [0.15, 0.2) is 0 Å². The zero-order valence-electron chi connectivity index (χ0n) is 19.9. The molecule has 0 amide bonds. The van der Waals surface area contributed by atoms with Crippen LogP contribution in [0.5, 0.6) is 0 Å². The SMILES string of the molecule is CCCCCCCCCCCCCC[N+](CCC)(CCC)CCCCS(=O)(=O)[O-]. The summed E-state index contributed by atoms with van der Waals surface area (Å²) in [7, 11) is -4.06. The second kappa shape index (κ2) is 18.6. The summed E-state index contributed by atoms with van der Waals surface area (Å²) < 4.78 is 33.6. The average molecular weight is 434 g/mol. The summed E-state index contributed by atoms with van der Waals surface area (Å²) in [5.74, 6) is -0.205. The lowest BCUT2D eigenvalue weighted by molar-refractivity contribution is -0.928. The molecule has 0 saturated heterocycles. The third-order valence-electron chi connectivity index (χ3n) is 6.16. The van der Waals surface area contributed by atoms with E-state index in [4.69, 9.17) is 0 Å². The molecule has 0 aliphatic carbocycles. The fourth-order valence-electron chi connectivity index (χ4n) is 4.63. The first-order valence-electron chi connectivity index (χ1n) is 12.7. The minimum atomic E-state index is -4.06. The molecular weight excluding hydrogens is 382 g/mol. The van der Waals surface area contributed by atoms with Crippen molar-refractivity contribution in [2.24, 2.45) is 0 Å². The summed E-state index contributed by atoms with van der Waals surface area (Å²) in [5.41, 5.74) is 0. The molecule has 0 atom stereocenters. The van der Waals surface area contributed by atoms with E-state index in [1.807, 2.05) is 0 Å². The maximum Gasteiger partial charge on any atom is 0.0945 e. The number of hydrogen-bond acceptors (Lipinski definition) is 3. The Kier molecular flexibility index (Phi) is 18.5. The van der Waals surface area contributed by atoms with Crippen LogP contribution in [0.3, 0.4) is 0 Å². The third kappa shape index (κ3) is 18.4. The van der Waals surface area contributed by atoms with Crippen LogP contribution < -0.4 is 0 Å². The summed E-state index contributed by atoms with van der Waals surface area (Å²) >= 11 is 0. The molecule has 0 aromatic carbocycles. The number of hydrogen-bond donors (Lipinski definition) is 0.